The average molecular weight is 1090 g/mol. The van der Waals surface area contributed by atoms with Gasteiger partial charge in [0, 0.05) is 26.1 Å². The number of nitrogens with two attached hydrogens (primary N) is 6. The first kappa shape index (κ1) is 64.3. The van der Waals surface area contributed by atoms with Crippen LogP contribution in [0.4, 0.5) is 0 Å². The van der Waals surface area contributed by atoms with Crippen molar-refractivity contribution in [1.82, 2.24) is 42.1 Å². The summed E-state index contributed by atoms with van der Waals surface area (Å²) >= 11 is 0. The molecule has 0 aliphatic carbocycles. The highest BCUT2D eigenvalue weighted by Gasteiger charge is 2.40. The number of phenols is 1. The number of benzene rings is 2. The number of primary amides is 1. The van der Waals surface area contributed by atoms with Crippen LogP contribution in [0.3, 0.4) is 0 Å². The van der Waals surface area contributed by atoms with Crippen LogP contribution < -0.4 is 71.6 Å². The lowest BCUT2D eigenvalue weighted by Crippen LogP contribution is -2.61. The molecule has 1 aliphatic rings. The zero-order valence-corrected chi connectivity index (χ0v) is 45.5. The molecule has 26 heteroatoms. The van der Waals surface area contributed by atoms with Gasteiger partial charge in [-0.15, -0.1) is 0 Å². The number of aliphatic imine (C=N–C) groups is 2. The van der Waals surface area contributed by atoms with Crippen molar-refractivity contribution in [1.29, 1.82) is 0 Å². The van der Waals surface area contributed by atoms with Gasteiger partial charge >= 0.3 is 0 Å². The number of amides is 9. The predicted octanol–water partition coefficient (Wildman–Crippen LogP) is -2.78. The molecule has 1 fully saturated rings. The smallest absolute Gasteiger partial charge is 0.245 e. The van der Waals surface area contributed by atoms with Crippen LogP contribution in [0.5, 0.6) is 5.75 Å². The van der Waals surface area contributed by atoms with Crippen LogP contribution in [0.15, 0.2) is 64.6 Å². The van der Waals surface area contributed by atoms with Gasteiger partial charge in [0.1, 0.15) is 54.1 Å². The van der Waals surface area contributed by atoms with Crippen molar-refractivity contribution >= 4 is 65.1 Å². The number of nitrogens with one attached hydrogen (secondary N) is 7. The van der Waals surface area contributed by atoms with Crippen molar-refractivity contribution in [3.8, 4) is 5.75 Å². The van der Waals surface area contributed by atoms with Crippen molar-refractivity contribution in [3.05, 3.63) is 65.7 Å². The number of likely N-dealkylation sites (tertiary alicyclic amines) is 1. The fourth-order valence-corrected chi connectivity index (χ4v) is 8.44. The third-order valence-electron chi connectivity index (χ3n) is 13.2. The van der Waals surface area contributed by atoms with Crippen molar-refractivity contribution < 1.29 is 48.3 Å². The molecule has 1 heterocycles. The van der Waals surface area contributed by atoms with Crippen molar-refractivity contribution in [2.45, 2.75) is 154 Å². The summed E-state index contributed by atoms with van der Waals surface area (Å²) in [4.78, 5) is 132. The maximum absolute atomic E-state index is 14.5. The van der Waals surface area contributed by atoms with Crippen molar-refractivity contribution in [2.24, 2.45) is 56.2 Å². The molecule has 78 heavy (non-hydrogen) atoms. The van der Waals surface area contributed by atoms with Gasteiger partial charge in [-0.3, -0.25) is 53.1 Å². The van der Waals surface area contributed by atoms with E-state index in [-0.39, 0.29) is 82.2 Å². The summed E-state index contributed by atoms with van der Waals surface area (Å²) in [6.45, 7) is 10.0. The highest BCUT2D eigenvalue weighted by molar-refractivity contribution is 5.98. The molecule has 0 aromatic heterocycles. The quantitative estimate of drug-likeness (QED) is 0.0206. The second-order valence-corrected chi connectivity index (χ2v) is 19.9. The maximum Gasteiger partial charge on any atom is 0.245 e. The standard InChI is InChI=1S/C52H82N16O10/c1-7-29(4)41(67-44(72)31(6)61-45(73)35(53)26-33-19-21-34(69)22-20-33)49(77)66-40(28(2)3)48(76)62-30(5)43(71)64-37(17-12-24-60-52(57)58)50(78)68-25-13-18-39(68)47(75)63-36(16-11-23-59-51(55)56)46(74)65-38(42(54)70)27-32-14-9-8-10-15-32/h8-10,14-15,19-22,28-31,35-41,69H,7,11-13,16-18,23-27,53H2,1-6H3,(H2,54,70)(H,61,73)(H,62,76)(H,63,75)(H,64,71)(H,65,74)(H,66,77)(H,67,72)(H4,55,56,59)(H4,57,58,60). The van der Waals surface area contributed by atoms with Gasteiger partial charge < -0.3 is 81.6 Å². The van der Waals surface area contributed by atoms with Crippen molar-refractivity contribution in [2.75, 3.05) is 19.6 Å². The van der Waals surface area contributed by atoms with Crippen LogP contribution in [0.1, 0.15) is 97.6 Å². The molecular weight excluding hydrogens is 1010 g/mol. The lowest BCUT2D eigenvalue weighted by molar-refractivity contribution is -0.142. The molecule has 0 radical (unpaired) electrons. The second-order valence-electron chi connectivity index (χ2n) is 19.9. The first-order chi connectivity index (χ1) is 36.8. The van der Waals surface area contributed by atoms with Crippen molar-refractivity contribution in [3.63, 3.8) is 0 Å². The topological polar surface area (TPSA) is 442 Å². The molecule has 0 saturated carbocycles. The molecule has 3 rings (SSSR count). The van der Waals surface area contributed by atoms with E-state index >= 15 is 0 Å². The van der Waals surface area contributed by atoms with E-state index in [9.17, 15) is 48.3 Å². The predicted molar refractivity (Wildman–Crippen MR) is 293 cm³/mol. The summed E-state index contributed by atoms with van der Waals surface area (Å²) in [7, 11) is 0. The van der Waals surface area contributed by atoms with Gasteiger partial charge in [0.05, 0.1) is 6.04 Å². The summed E-state index contributed by atoms with van der Waals surface area (Å²) in [6, 6.07) is 4.60. The normalized spacial score (nSPS) is 16.5. The van der Waals surface area contributed by atoms with Gasteiger partial charge in [-0.05, 0) is 93.9 Å². The van der Waals surface area contributed by atoms with E-state index in [1.807, 2.05) is 6.92 Å². The van der Waals surface area contributed by atoms with Gasteiger partial charge in [0.2, 0.25) is 53.2 Å². The van der Waals surface area contributed by atoms with Gasteiger partial charge in [0.15, 0.2) is 11.9 Å². The average Bonchev–Trinajstić information content (AvgIpc) is 3.92. The summed E-state index contributed by atoms with van der Waals surface area (Å²) in [5.41, 5.74) is 35.2. The summed E-state index contributed by atoms with van der Waals surface area (Å²) in [5, 5.41) is 28.2. The number of nitrogens with zero attached hydrogens (tertiary/aromatic N) is 3. The maximum atomic E-state index is 14.5. The molecule has 10 atom stereocenters. The third-order valence-corrected chi connectivity index (χ3v) is 13.2. The minimum atomic E-state index is -1.28. The minimum Gasteiger partial charge on any atom is -0.508 e. The molecule has 430 valence electrons. The Morgan fingerprint density at radius 1 is 0.603 bits per heavy atom. The number of hydrogen-bond acceptors (Lipinski definition) is 13. The van der Waals surface area contributed by atoms with E-state index in [0.29, 0.717) is 18.4 Å². The lowest BCUT2D eigenvalue weighted by atomic mass is 9.96. The molecule has 1 aliphatic heterocycles. The summed E-state index contributed by atoms with van der Waals surface area (Å²) < 4.78 is 0. The Morgan fingerprint density at radius 2 is 1.12 bits per heavy atom. The third kappa shape index (κ3) is 21.2. The van der Waals surface area contributed by atoms with Crippen LogP contribution >= 0.6 is 0 Å². The Hall–Kier alpha value is -8.03. The highest BCUT2D eigenvalue weighted by atomic mass is 16.3. The Labute approximate surface area is 455 Å². The van der Waals surface area contributed by atoms with Gasteiger partial charge in [-0.1, -0.05) is 76.6 Å². The number of carbonyl (C=O) groups is 9. The number of aromatic hydroxyl groups is 1. The molecule has 9 amide bonds. The monoisotopic (exact) mass is 1090 g/mol. The van der Waals surface area contributed by atoms with E-state index in [2.05, 4.69) is 47.2 Å². The molecule has 1 saturated heterocycles. The highest BCUT2D eigenvalue weighted by Crippen LogP contribution is 2.21. The van der Waals surface area contributed by atoms with E-state index in [1.54, 1.807) is 63.2 Å². The molecule has 10 unspecified atom stereocenters. The van der Waals surface area contributed by atoms with Gasteiger partial charge in [-0.25, -0.2) is 0 Å². The Morgan fingerprint density at radius 3 is 1.67 bits per heavy atom. The fraction of sp³-hybridized carbons (Fsp3) is 0.558. The van der Waals surface area contributed by atoms with Crippen LogP contribution in [0.2, 0.25) is 0 Å². The second kappa shape index (κ2) is 31.9. The SMILES string of the molecule is CCC(C)C(NC(=O)C(C)NC(=O)C(N)Cc1ccc(O)cc1)C(=O)NC(C(=O)NC(C)C(=O)NC(CCCN=C(N)N)C(=O)N1CCCC1C(=O)NC(CCCN=C(N)N)C(=O)NC(Cc1ccccc1)C(N)=O)C(C)C. The molecule has 20 N–H and O–H groups in total. The molecule has 0 bridgehead atoms. The zero-order chi connectivity index (χ0) is 58.2. The number of guanidine groups is 2. The Bertz CT molecular complexity index is 2420. The zero-order valence-electron chi connectivity index (χ0n) is 45.5. The number of carbonyl (C=O) groups excluding carboxylic acids is 9. The number of phenolic OH excluding ortho intramolecular Hbond substituents is 1. The van der Waals surface area contributed by atoms with Gasteiger partial charge in [0.25, 0.3) is 0 Å². The summed E-state index contributed by atoms with van der Waals surface area (Å²) in [5.74, 6) is -7.61. The van der Waals surface area contributed by atoms with E-state index in [4.69, 9.17) is 34.4 Å². The first-order valence-electron chi connectivity index (χ1n) is 26.2. The molecule has 0 spiro atoms. The van der Waals surface area contributed by atoms with E-state index < -0.39 is 119 Å². The first-order valence-corrected chi connectivity index (χ1v) is 26.2. The van der Waals surface area contributed by atoms with Crippen LogP contribution in [-0.4, -0.2) is 149 Å². The number of hydrogen-bond donors (Lipinski definition) is 14. The lowest BCUT2D eigenvalue weighted by Gasteiger charge is -2.31. The minimum absolute atomic E-state index is 0.000901. The Kier molecular flexibility index (Phi) is 26.3. The fourth-order valence-electron chi connectivity index (χ4n) is 8.44. The van der Waals surface area contributed by atoms with E-state index in [1.165, 1.54) is 30.9 Å². The van der Waals surface area contributed by atoms with E-state index in [0.717, 1.165) is 5.56 Å². The Balaban J connectivity index is 1.75. The van der Waals surface area contributed by atoms with Crippen LogP contribution in [0.25, 0.3) is 0 Å². The largest absolute Gasteiger partial charge is 0.508 e. The van der Waals surface area contributed by atoms with Gasteiger partial charge in [-0.2, -0.15) is 0 Å². The molecule has 26 nitrogen and oxygen atoms in total. The molecular formula is C52H82N16O10. The summed E-state index contributed by atoms with van der Waals surface area (Å²) in [6.07, 6.45) is 1.74. The van der Waals surface area contributed by atoms with Crippen LogP contribution in [-0.2, 0) is 56.0 Å². The molecule has 2 aromatic carbocycles. The van der Waals surface area contributed by atoms with Crippen LogP contribution in [0, 0.1) is 11.8 Å². The molecule has 2 aromatic rings. The number of rotatable bonds is 31.